The minimum absolute atomic E-state index is 0.138. The van der Waals surface area contributed by atoms with Gasteiger partial charge in [-0.15, -0.1) is 0 Å². The molecule has 0 aliphatic heterocycles. The van der Waals surface area contributed by atoms with Crippen LogP contribution in [-0.2, 0) is 6.42 Å². The van der Waals surface area contributed by atoms with Gasteiger partial charge in [-0.2, -0.15) is 0 Å². The molecular formula is C24H37NO2Sn. The second-order valence-electron chi connectivity index (χ2n) is 8.16. The predicted octanol–water partition coefficient (Wildman–Crippen LogP) is 4.99. The number of hydrogen-bond donors (Lipinski definition) is 1. The first-order chi connectivity index (χ1) is 13.6. The van der Waals surface area contributed by atoms with Gasteiger partial charge in [-0.05, 0) is 0 Å². The zero-order chi connectivity index (χ0) is 20.4. The topological polar surface area (TPSA) is 46.2 Å². The summed E-state index contributed by atoms with van der Waals surface area (Å²) in [5.74, 6) is 0. The fourth-order valence-electron chi connectivity index (χ4n) is 4.34. The van der Waals surface area contributed by atoms with Gasteiger partial charge in [0.25, 0.3) is 0 Å². The van der Waals surface area contributed by atoms with E-state index in [4.69, 9.17) is 0 Å². The molecule has 0 amide bonds. The first-order valence-electron chi connectivity index (χ1n) is 11.2. The molecule has 0 saturated heterocycles. The molecule has 0 heterocycles. The molecule has 28 heavy (non-hydrogen) atoms. The molecule has 154 valence electrons. The molecule has 0 radical (unpaired) electrons. The van der Waals surface area contributed by atoms with Crippen LogP contribution in [0.5, 0.6) is 0 Å². The Balaban J connectivity index is 2.24. The average Bonchev–Trinajstić information content (AvgIpc) is 2.74. The molecule has 1 N–H and O–H groups in total. The molecule has 2 rings (SSSR count). The summed E-state index contributed by atoms with van der Waals surface area (Å²) in [7, 11) is 0. The summed E-state index contributed by atoms with van der Waals surface area (Å²) in [6.45, 7) is 7.42. The van der Waals surface area contributed by atoms with Crippen LogP contribution in [0.2, 0.25) is 13.3 Å². The Morgan fingerprint density at radius 3 is 1.82 bits per heavy atom. The number of nitrogens with one attached hydrogen (secondary N) is 1. The Bertz CT molecular complexity index is 756. The Morgan fingerprint density at radius 1 is 0.786 bits per heavy atom. The Labute approximate surface area is 174 Å². The molecule has 2 aromatic rings. The van der Waals surface area contributed by atoms with E-state index >= 15 is 0 Å². The molecule has 0 spiro atoms. The first kappa shape index (κ1) is 23.2. The summed E-state index contributed by atoms with van der Waals surface area (Å²) in [6.07, 6.45) is 7.99. The van der Waals surface area contributed by atoms with Gasteiger partial charge < -0.3 is 0 Å². The molecule has 0 aliphatic rings. The van der Waals surface area contributed by atoms with Crippen LogP contribution < -0.4 is 19.8 Å². The molecule has 0 unspecified atom stereocenters. The SMILES string of the molecule is CCC[CH2][Sn]([CH2]CCC)([CH2]CCC)[c]1c(NCCc2ccccc2)c(=O)c1=O. The summed E-state index contributed by atoms with van der Waals surface area (Å²) in [6, 6.07) is 10.3. The van der Waals surface area contributed by atoms with E-state index in [-0.39, 0.29) is 10.9 Å². The van der Waals surface area contributed by atoms with Crippen molar-refractivity contribution in [3.05, 3.63) is 56.3 Å². The van der Waals surface area contributed by atoms with E-state index in [0.717, 1.165) is 16.5 Å². The molecule has 3 nitrogen and oxygen atoms in total. The van der Waals surface area contributed by atoms with Crippen LogP contribution in [0.15, 0.2) is 39.9 Å². The zero-order valence-corrected chi connectivity index (χ0v) is 20.8. The van der Waals surface area contributed by atoms with Gasteiger partial charge in [-0.1, -0.05) is 0 Å². The molecule has 0 aromatic heterocycles. The summed E-state index contributed by atoms with van der Waals surface area (Å²) < 4.78 is 4.71. The molecule has 0 atom stereocenters. The van der Waals surface area contributed by atoms with Crippen LogP contribution >= 0.6 is 0 Å². The minimum atomic E-state index is -2.85. The van der Waals surface area contributed by atoms with E-state index < -0.39 is 18.4 Å². The van der Waals surface area contributed by atoms with Crippen molar-refractivity contribution in [2.45, 2.75) is 79.0 Å². The summed E-state index contributed by atoms with van der Waals surface area (Å²) in [4.78, 5) is 25.2. The van der Waals surface area contributed by atoms with E-state index in [1.165, 1.54) is 57.4 Å². The average molecular weight is 490 g/mol. The fourth-order valence-corrected chi connectivity index (χ4v) is 21.2. The zero-order valence-electron chi connectivity index (χ0n) is 18.0. The molecule has 0 aliphatic carbocycles. The normalized spacial score (nSPS) is 11.8. The molecule has 0 bridgehead atoms. The molecule has 2 aromatic carbocycles. The second-order valence-corrected chi connectivity index (χ2v) is 21.2. The quantitative estimate of drug-likeness (QED) is 0.300. The Kier molecular flexibility index (Phi) is 9.76. The van der Waals surface area contributed by atoms with Crippen molar-refractivity contribution in [1.29, 1.82) is 0 Å². The summed E-state index contributed by atoms with van der Waals surface area (Å²) in [5.41, 5.74) is 1.57. The maximum atomic E-state index is 12.7. The maximum absolute atomic E-state index is 12.7. The number of benzene rings is 1. The van der Waals surface area contributed by atoms with Gasteiger partial charge in [0.15, 0.2) is 0 Å². The Morgan fingerprint density at radius 2 is 1.32 bits per heavy atom. The van der Waals surface area contributed by atoms with Crippen molar-refractivity contribution in [1.82, 2.24) is 0 Å². The summed E-state index contributed by atoms with van der Waals surface area (Å²) >= 11 is -2.85. The van der Waals surface area contributed by atoms with Gasteiger partial charge in [0.1, 0.15) is 0 Å². The van der Waals surface area contributed by atoms with E-state index in [0.29, 0.717) is 5.69 Å². The van der Waals surface area contributed by atoms with Crippen LogP contribution in [0.4, 0.5) is 5.69 Å². The van der Waals surface area contributed by atoms with Gasteiger partial charge in [-0.25, -0.2) is 0 Å². The van der Waals surface area contributed by atoms with Crippen LogP contribution in [0, 0.1) is 0 Å². The predicted molar refractivity (Wildman–Crippen MR) is 125 cm³/mol. The van der Waals surface area contributed by atoms with Gasteiger partial charge in [0.05, 0.1) is 0 Å². The molecule has 4 heteroatoms. The van der Waals surface area contributed by atoms with Gasteiger partial charge in [-0.3, -0.25) is 0 Å². The monoisotopic (exact) mass is 491 g/mol. The number of anilines is 1. The summed E-state index contributed by atoms with van der Waals surface area (Å²) in [5, 5.41) is 3.39. The number of hydrogen-bond acceptors (Lipinski definition) is 3. The van der Waals surface area contributed by atoms with E-state index in [9.17, 15) is 9.59 Å². The number of rotatable bonds is 14. The number of unbranched alkanes of at least 4 members (excludes halogenated alkanes) is 3. The first-order valence-corrected chi connectivity index (χ1v) is 18.7. The van der Waals surface area contributed by atoms with Gasteiger partial charge in [0.2, 0.25) is 0 Å². The molecule has 0 saturated carbocycles. The van der Waals surface area contributed by atoms with Gasteiger partial charge >= 0.3 is 175 Å². The molecular weight excluding hydrogens is 453 g/mol. The second kappa shape index (κ2) is 11.8. The van der Waals surface area contributed by atoms with Gasteiger partial charge in [0, 0.05) is 0 Å². The Hall–Kier alpha value is -1.10. The van der Waals surface area contributed by atoms with E-state index in [2.05, 4.69) is 38.2 Å². The molecule has 0 fully saturated rings. The fraction of sp³-hybridized carbons (Fsp3) is 0.583. The van der Waals surface area contributed by atoms with Crippen molar-refractivity contribution in [2.75, 3.05) is 11.9 Å². The van der Waals surface area contributed by atoms with E-state index in [1.54, 1.807) is 0 Å². The van der Waals surface area contributed by atoms with Crippen LogP contribution in [0.3, 0.4) is 0 Å². The third-order valence-corrected chi connectivity index (χ3v) is 21.6. The third-order valence-electron chi connectivity index (χ3n) is 6.03. The van der Waals surface area contributed by atoms with Crippen LogP contribution in [0.1, 0.15) is 64.9 Å². The van der Waals surface area contributed by atoms with E-state index in [1.807, 2.05) is 18.2 Å². The van der Waals surface area contributed by atoms with Crippen molar-refractivity contribution >= 4 is 27.6 Å². The van der Waals surface area contributed by atoms with Crippen molar-refractivity contribution < 1.29 is 0 Å². The van der Waals surface area contributed by atoms with Crippen molar-refractivity contribution in [3.63, 3.8) is 0 Å². The van der Waals surface area contributed by atoms with Crippen molar-refractivity contribution in [2.24, 2.45) is 0 Å². The van der Waals surface area contributed by atoms with Crippen molar-refractivity contribution in [3.8, 4) is 0 Å². The standard InChI is InChI=1S/C12H10NO2.3C4H9.Sn/c14-11-8-10(12(11)15)13-7-6-9-4-2-1-3-5-9;3*1-3-4-2;/h1-5,13H,6-7H2;3*1,3-4H2,2H3;. The van der Waals surface area contributed by atoms with Crippen LogP contribution in [0.25, 0.3) is 0 Å². The third kappa shape index (κ3) is 5.71. The van der Waals surface area contributed by atoms with Crippen LogP contribution in [-0.4, -0.2) is 24.9 Å².